The third-order valence-corrected chi connectivity index (χ3v) is 3.61. The number of nitrogens with one attached hydrogen (secondary N) is 2. The normalized spacial score (nSPS) is 13.3. The second-order valence-electron chi connectivity index (χ2n) is 6.33. The highest BCUT2D eigenvalue weighted by molar-refractivity contribution is 5.77. The van der Waals surface area contributed by atoms with Crippen molar-refractivity contribution < 1.29 is 4.74 Å². The van der Waals surface area contributed by atoms with E-state index in [2.05, 4.69) is 54.3 Å². The van der Waals surface area contributed by atoms with E-state index in [1.807, 2.05) is 30.5 Å². The smallest absolute Gasteiger partial charge is 0.154 e. The summed E-state index contributed by atoms with van der Waals surface area (Å²) in [5, 5.41) is 7.19. The Hall–Kier alpha value is -2.11. The number of aromatic nitrogens is 1. The third-order valence-electron chi connectivity index (χ3n) is 3.61. The zero-order chi connectivity index (χ0) is 16.4. The maximum Gasteiger partial charge on any atom is 0.154 e. The van der Waals surface area contributed by atoms with Gasteiger partial charge >= 0.3 is 0 Å². The number of hydrogen-bond acceptors (Lipinski definition) is 5. The van der Waals surface area contributed by atoms with Crippen molar-refractivity contribution in [2.45, 2.75) is 46.1 Å². The van der Waals surface area contributed by atoms with E-state index in [-0.39, 0.29) is 6.29 Å². The van der Waals surface area contributed by atoms with E-state index in [1.165, 1.54) is 0 Å². The lowest BCUT2D eigenvalue weighted by Gasteiger charge is -2.40. The molecule has 5 nitrogen and oxygen atoms in total. The molecule has 1 aromatic heterocycles. The summed E-state index contributed by atoms with van der Waals surface area (Å²) in [7, 11) is 0. The van der Waals surface area contributed by atoms with Crippen molar-refractivity contribution in [3.05, 3.63) is 42.7 Å². The highest BCUT2D eigenvalue weighted by atomic mass is 16.5. The van der Waals surface area contributed by atoms with Crippen LogP contribution in [0.15, 0.2) is 42.7 Å². The molecule has 0 saturated heterocycles. The molecule has 0 bridgehead atoms. The van der Waals surface area contributed by atoms with Crippen molar-refractivity contribution in [2.75, 3.05) is 4.90 Å². The topological polar surface area (TPSA) is 49.4 Å². The van der Waals surface area contributed by atoms with Gasteiger partial charge in [-0.25, -0.2) is 0 Å². The predicted octanol–water partition coefficient (Wildman–Crippen LogP) is 3.61. The van der Waals surface area contributed by atoms with Crippen LogP contribution in [-0.2, 0) is 0 Å². The molecule has 3 rings (SSSR count). The first-order valence-electron chi connectivity index (χ1n) is 8.08. The van der Waals surface area contributed by atoms with Crippen molar-refractivity contribution in [1.29, 1.82) is 0 Å². The highest BCUT2D eigenvalue weighted by Crippen LogP contribution is 2.46. The van der Waals surface area contributed by atoms with Gasteiger partial charge in [-0.15, -0.1) is 0 Å². The number of hydrogen-bond donors (Lipinski definition) is 2. The fourth-order valence-corrected chi connectivity index (χ4v) is 2.74. The van der Waals surface area contributed by atoms with E-state index in [4.69, 9.17) is 4.74 Å². The Balaban J connectivity index is 2.08. The Morgan fingerprint density at radius 3 is 2.26 bits per heavy atom. The summed E-state index contributed by atoms with van der Waals surface area (Å²) in [4.78, 5) is 6.51. The standard InChI is InChI=1S/C18H24N4O/c1-12(2)20-18(21-13(3)4)22-14-7-5-6-8-16(14)23-17-9-10-19-11-15(17)22/h5-13,18,20-21H,1-4H3. The molecule has 1 aliphatic heterocycles. The van der Waals surface area contributed by atoms with Gasteiger partial charge < -0.3 is 9.64 Å². The number of ether oxygens (including phenoxy) is 1. The fraction of sp³-hybridized carbons (Fsp3) is 0.389. The molecule has 0 amide bonds. The molecule has 0 spiro atoms. The van der Waals surface area contributed by atoms with Gasteiger partial charge in [-0.1, -0.05) is 12.1 Å². The van der Waals surface area contributed by atoms with Gasteiger partial charge in [-0.05, 0) is 39.8 Å². The van der Waals surface area contributed by atoms with Crippen LogP contribution < -0.4 is 20.3 Å². The van der Waals surface area contributed by atoms with Crippen LogP contribution in [0.4, 0.5) is 11.4 Å². The summed E-state index contributed by atoms with van der Waals surface area (Å²) in [6, 6.07) is 10.7. The Kier molecular flexibility index (Phi) is 4.50. The molecule has 0 atom stereocenters. The molecule has 0 radical (unpaired) electrons. The Morgan fingerprint density at radius 2 is 1.57 bits per heavy atom. The van der Waals surface area contributed by atoms with E-state index in [1.54, 1.807) is 6.20 Å². The number of fused-ring (bicyclic) bond motifs is 2. The quantitative estimate of drug-likeness (QED) is 0.826. The second-order valence-corrected chi connectivity index (χ2v) is 6.33. The molecular formula is C18H24N4O. The number of benzene rings is 1. The maximum absolute atomic E-state index is 6.03. The number of rotatable bonds is 5. The van der Waals surface area contributed by atoms with Gasteiger partial charge in [-0.3, -0.25) is 15.6 Å². The molecule has 0 unspecified atom stereocenters. The van der Waals surface area contributed by atoms with E-state index in [0.717, 1.165) is 22.9 Å². The van der Waals surface area contributed by atoms with E-state index >= 15 is 0 Å². The van der Waals surface area contributed by atoms with Crippen molar-refractivity contribution in [3.8, 4) is 11.5 Å². The summed E-state index contributed by atoms with van der Waals surface area (Å²) in [5.74, 6) is 1.67. The van der Waals surface area contributed by atoms with Crippen molar-refractivity contribution in [1.82, 2.24) is 15.6 Å². The number of para-hydroxylation sites is 2. The van der Waals surface area contributed by atoms with Crippen LogP contribution in [0, 0.1) is 0 Å². The lowest BCUT2D eigenvalue weighted by atomic mass is 10.2. The van der Waals surface area contributed by atoms with Gasteiger partial charge in [0.05, 0.1) is 11.9 Å². The third kappa shape index (κ3) is 3.30. The van der Waals surface area contributed by atoms with Crippen LogP contribution in [0.3, 0.4) is 0 Å². The molecule has 0 fully saturated rings. The maximum atomic E-state index is 6.03. The molecule has 5 heteroatoms. The highest BCUT2D eigenvalue weighted by Gasteiger charge is 2.30. The van der Waals surface area contributed by atoms with Crippen molar-refractivity contribution in [3.63, 3.8) is 0 Å². The van der Waals surface area contributed by atoms with Gasteiger partial charge in [-0.2, -0.15) is 0 Å². The average molecular weight is 312 g/mol. The fourth-order valence-electron chi connectivity index (χ4n) is 2.74. The number of anilines is 2. The minimum Gasteiger partial charge on any atom is -0.453 e. The van der Waals surface area contributed by atoms with Crippen LogP contribution >= 0.6 is 0 Å². The molecular weight excluding hydrogens is 288 g/mol. The molecule has 2 heterocycles. The van der Waals surface area contributed by atoms with E-state index < -0.39 is 0 Å². The lowest BCUT2D eigenvalue weighted by molar-refractivity contribution is 0.359. The van der Waals surface area contributed by atoms with Crippen LogP contribution in [0.1, 0.15) is 27.7 Å². The summed E-state index contributed by atoms with van der Waals surface area (Å²) in [6.07, 6.45) is 3.55. The summed E-state index contributed by atoms with van der Waals surface area (Å²) in [5.41, 5.74) is 1.98. The first kappa shape index (κ1) is 15.8. The van der Waals surface area contributed by atoms with Crippen molar-refractivity contribution in [2.24, 2.45) is 0 Å². The van der Waals surface area contributed by atoms with Crippen LogP contribution in [-0.4, -0.2) is 23.4 Å². The SMILES string of the molecule is CC(C)NC(NC(C)C)N1c2ccccc2Oc2ccncc21. The molecule has 2 N–H and O–H groups in total. The Bertz CT molecular complexity index is 616. The Labute approximate surface area is 137 Å². The number of nitrogens with zero attached hydrogens (tertiary/aromatic N) is 2. The van der Waals surface area contributed by atoms with Crippen LogP contribution in [0.25, 0.3) is 0 Å². The molecule has 122 valence electrons. The van der Waals surface area contributed by atoms with Crippen LogP contribution in [0.2, 0.25) is 0 Å². The van der Waals surface area contributed by atoms with Gasteiger partial charge in [0.2, 0.25) is 0 Å². The van der Waals surface area contributed by atoms with Gasteiger partial charge in [0, 0.05) is 24.3 Å². The van der Waals surface area contributed by atoms with Crippen molar-refractivity contribution >= 4 is 11.4 Å². The molecule has 0 saturated carbocycles. The molecule has 1 aromatic carbocycles. The zero-order valence-electron chi connectivity index (χ0n) is 14.1. The van der Waals surface area contributed by atoms with Gasteiger partial charge in [0.25, 0.3) is 0 Å². The zero-order valence-corrected chi connectivity index (χ0v) is 14.1. The van der Waals surface area contributed by atoms with Gasteiger partial charge in [0.15, 0.2) is 11.5 Å². The largest absolute Gasteiger partial charge is 0.453 e. The van der Waals surface area contributed by atoms with E-state index in [0.29, 0.717) is 12.1 Å². The minimum absolute atomic E-state index is 0.0528. The first-order chi connectivity index (χ1) is 11.1. The summed E-state index contributed by atoms with van der Waals surface area (Å²) >= 11 is 0. The lowest BCUT2D eigenvalue weighted by Crippen LogP contribution is -2.57. The van der Waals surface area contributed by atoms with Crippen LogP contribution in [0.5, 0.6) is 11.5 Å². The average Bonchev–Trinajstić information content (AvgIpc) is 2.51. The molecule has 23 heavy (non-hydrogen) atoms. The molecule has 0 aliphatic carbocycles. The minimum atomic E-state index is -0.0528. The molecule has 1 aliphatic rings. The Morgan fingerprint density at radius 1 is 0.913 bits per heavy atom. The van der Waals surface area contributed by atoms with Gasteiger partial charge in [0.1, 0.15) is 12.0 Å². The number of pyridine rings is 1. The summed E-state index contributed by atoms with van der Waals surface area (Å²) in [6.45, 7) is 8.58. The predicted molar refractivity (Wildman–Crippen MR) is 93.2 cm³/mol. The second kappa shape index (κ2) is 6.56. The molecule has 2 aromatic rings. The monoisotopic (exact) mass is 312 g/mol. The summed E-state index contributed by atoms with van der Waals surface area (Å²) < 4.78 is 6.03. The van der Waals surface area contributed by atoms with E-state index in [9.17, 15) is 0 Å². The first-order valence-corrected chi connectivity index (χ1v) is 8.08.